The van der Waals surface area contributed by atoms with Gasteiger partial charge in [-0.05, 0) is 32.9 Å². The molecule has 1 aliphatic rings. The number of carbonyl (C=O) groups is 1. The van der Waals surface area contributed by atoms with E-state index in [4.69, 9.17) is 4.74 Å². The Morgan fingerprint density at radius 2 is 2.14 bits per heavy atom. The van der Waals surface area contributed by atoms with Gasteiger partial charge in [0.15, 0.2) is 0 Å². The summed E-state index contributed by atoms with van der Waals surface area (Å²) in [5.74, 6) is -1.42. The molecule has 6 heteroatoms. The molecule has 0 aromatic heterocycles. The Morgan fingerprint density at radius 1 is 1.43 bits per heavy atom. The first kappa shape index (κ1) is 15.9. The van der Waals surface area contributed by atoms with E-state index in [1.54, 1.807) is 11.8 Å². The minimum Gasteiger partial charge on any atom is -0.377 e. The summed E-state index contributed by atoms with van der Waals surface area (Å²) in [6.45, 7) is 6.35. The number of hydrogen-bond acceptors (Lipinski definition) is 3. The number of rotatable bonds is 5. The highest BCUT2D eigenvalue weighted by Gasteiger charge is 2.38. The number of nitrogens with zero attached hydrogens (tertiary/aromatic N) is 1. The lowest BCUT2D eigenvalue weighted by Gasteiger charge is -2.27. The number of amides is 1. The van der Waals surface area contributed by atoms with Gasteiger partial charge in [-0.3, -0.25) is 10.1 Å². The van der Waals surface area contributed by atoms with E-state index in [2.05, 4.69) is 5.32 Å². The zero-order valence-corrected chi connectivity index (χ0v) is 12.4. The number of benzene rings is 1. The van der Waals surface area contributed by atoms with Crippen molar-refractivity contribution >= 4 is 5.91 Å². The van der Waals surface area contributed by atoms with Crippen LogP contribution in [-0.4, -0.2) is 36.1 Å². The quantitative estimate of drug-likeness (QED) is 0.906. The number of halogens is 2. The zero-order valence-electron chi connectivity index (χ0n) is 12.4. The smallest absolute Gasteiger partial charge is 0.241 e. The van der Waals surface area contributed by atoms with Crippen LogP contribution in [0, 0.1) is 11.6 Å². The molecule has 0 aliphatic carbocycles. The molecule has 4 nitrogen and oxygen atoms in total. The second-order valence-electron chi connectivity index (χ2n) is 5.21. The van der Waals surface area contributed by atoms with Crippen molar-refractivity contribution in [1.82, 2.24) is 10.2 Å². The van der Waals surface area contributed by atoms with Crippen molar-refractivity contribution in [2.45, 2.75) is 39.1 Å². The molecule has 0 radical (unpaired) electrons. The minimum atomic E-state index is -0.663. The lowest BCUT2D eigenvalue weighted by atomic mass is 10.1. The number of hydrogen-bond donors (Lipinski definition) is 1. The third-order valence-corrected chi connectivity index (χ3v) is 3.54. The molecule has 1 N–H and O–H groups in total. The maximum absolute atomic E-state index is 14.0. The van der Waals surface area contributed by atoms with Crippen LogP contribution in [0.2, 0.25) is 0 Å². The summed E-state index contributed by atoms with van der Waals surface area (Å²) in [6, 6.07) is 2.98. The monoisotopic (exact) mass is 298 g/mol. The molecule has 3 unspecified atom stereocenters. The fraction of sp³-hybridized carbons (Fsp3) is 0.533. The van der Waals surface area contributed by atoms with E-state index in [-0.39, 0.29) is 17.6 Å². The lowest BCUT2D eigenvalue weighted by Crippen LogP contribution is -2.37. The van der Waals surface area contributed by atoms with Gasteiger partial charge in [0.25, 0.3) is 0 Å². The van der Waals surface area contributed by atoms with Crippen LogP contribution >= 0.6 is 0 Å². The predicted molar refractivity (Wildman–Crippen MR) is 74.5 cm³/mol. The van der Waals surface area contributed by atoms with E-state index in [0.717, 1.165) is 6.07 Å². The molecule has 116 valence electrons. The zero-order chi connectivity index (χ0) is 15.6. The molecule has 1 saturated heterocycles. The van der Waals surface area contributed by atoms with Gasteiger partial charge in [-0.25, -0.2) is 8.78 Å². The summed E-state index contributed by atoms with van der Waals surface area (Å²) < 4.78 is 32.4. The maximum Gasteiger partial charge on any atom is 0.241 e. The second-order valence-corrected chi connectivity index (χ2v) is 5.21. The van der Waals surface area contributed by atoms with Crippen molar-refractivity contribution in [2.75, 3.05) is 13.2 Å². The second kappa shape index (κ2) is 6.49. The summed E-state index contributed by atoms with van der Waals surface area (Å²) in [6.07, 6.45) is -0.756. The predicted octanol–water partition coefficient (Wildman–Crippen LogP) is 2.21. The topological polar surface area (TPSA) is 41.6 Å². The summed E-state index contributed by atoms with van der Waals surface area (Å²) >= 11 is 0. The number of ether oxygens (including phenoxy) is 1. The molecule has 1 fully saturated rings. The molecule has 21 heavy (non-hydrogen) atoms. The Morgan fingerprint density at radius 3 is 2.76 bits per heavy atom. The van der Waals surface area contributed by atoms with Crippen molar-refractivity contribution in [3.05, 3.63) is 35.4 Å². The SMILES string of the molecule is CCOC(C)CN1C(=O)C(C)NC1c1ccc(F)cc1F. The Bertz CT molecular complexity index is 524. The first-order chi connectivity index (χ1) is 9.93. The van der Waals surface area contributed by atoms with E-state index in [0.29, 0.717) is 13.2 Å². The van der Waals surface area contributed by atoms with Gasteiger partial charge in [-0.2, -0.15) is 0 Å². The van der Waals surface area contributed by atoms with Crippen LogP contribution in [0.4, 0.5) is 8.78 Å². The molecule has 1 aromatic carbocycles. The largest absolute Gasteiger partial charge is 0.377 e. The van der Waals surface area contributed by atoms with Crippen molar-refractivity contribution in [3.63, 3.8) is 0 Å². The third-order valence-electron chi connectivity index (χ3n) is 3.54. The van der Waals surface area contributed by atoms with Crippen LogP contribution in [-0.2, 0) is 9.53 Å². The molecule has 0 bridgehead atoms. The third kappa shape index (κ3) is 3.39. The van der Waals surface area contributed by atoms with Crippen molar-refractivity contribution in [1.29, 1.82) is 0 Å². The molecular weight excluding hydrogens is 278 g/mol. The Balaban J connectivity index is 2.25. The van der Waals surface area contributed by atoms with Gasteiger partial charge in [0.2, 0.25) is 5.91 Å². The molecule has 1 aliphatic heterocycles. The van der Waals surface area contributed by atoms with Crippen molar-refractivity contribution in [3.8, 4) is 0 Å². The lowest BCUT2D eigenvalue weighted by molar-refractivity contribution is -0.131. The van der Waals surface area contributed by atoms with Crippen LogP contribution in [0.5, 0.6) is 0 Å². The van der Waals surface area contributed by atoms with Gasteiger partial charge in [0, 0.05) is 24.8 Å². The Labute approximate surface area is 123 Å². The van der Waals surface area contributed by atoms with Crippen LogP contribution < -0.4 is 5.32 Å². The van der Waals surface area contributed by atoms with Crippen molar-refractivity contribution < 1.29 is 18.3 Å². The molecular formula is C15H20F2N2O2. The van der Waals surface area contributed by atoms with E-state index in [1.165, 1.54) is 12.1 Å². The Kier molecular flexibility index (Phi) is 4.90. The summed E-state index contributed by atoms with van der Waals surface area (Å²) in [4.78, 5) is 13.8. The summed E-state index contributed by atoms with van der Waals surface area (Å²) in [5, 5.41) is 3.04. The Hall–Kier alpha value is -1.53. The standard InChI is InChI=1S/C15H20F2N2O2/c1-4-21-9(2)8-19-14(18-10(3)15(19)20)12-6-5-11(16)7-13(12)17/h5-7,9-10,14,18H,4,8H2,1-3H3. The normalized spacial score (nSPS) is 23.7. The number of nitrogens with one attached hydrogen (secondary N) is 1. The van der Waals surface area contributed by atoms with E-state index >= 15 is 0 Å². The highest BCUT2D eigenvalue weighted by Crippen LogP contribution is 2.28. The van der Waals surface area contributed by atoms with Crippen LogP contribution in [0.3, 0.4) is 0 Å². The summed E-state index contributed by atoms with van der Waals surface area (Å²) in [7, 11) is 0. The van der Waals surface area contributed by atoms with Crippen LogP contribution in [0.1, 0.15) is 32.5 Å². The highest BCUT2D eigenvalue weighted by atomic mass is 19.1. The van der Waals surface area contributed by atoms with E-state index < -0.39 is 23.8 Å². The molecule has 1 heterocycles. The van der Waals surface area contributed by atoms with Crippen LogP contribution in [0.25, 0.3) is 0 Å². The van der Waals surface area contributed by atoms with Gasteiger partial charge in [0.1, 0.15) is 17.8 Å². The number of carbonyl (C=O) groups excluding carboxylic acids is 1. The first-order valence-corrected chi connectivity index (χ1v) is 7.07. The molecule has 0 saturated carbocycles. The highest BCUT2D eigenvalue weighted by molar-refractivity contribution is 5.84. The first-order valence-electron chi connectivity index (χ1n) is 7.07. The van der Waals surface area contributed by atoms with Gasteiger partial charge in [-0.15, -0.1) is 0 Å². The van der Waals surface area contributed by atoms with Crippen LogP contribution in [0.15, 0.2) is 18.2 Å². The molecule has 2 rings (SSSR count). The average Bonchev–Trinajstić information content (AvgIpc) is 2.67. The van der Waals surface area contributed by atoms with Gasteiger partial charge in [-0.1, -0.05) is 0 Å². The van der Waals surface area contributed by atoms with E-state index in [1.807, 2.05) is 13.8 Å². The fourth-order valence-corrected chi connectivity index (χ4v) is 2.56. The van der Waals surface area contributed by atoms with Gasteiger partial charge in [0.05, 0.1) is 12.1 Å². The van der Waals surface area contributed by atoms with Gasteiger partial charge < -0.3 is 9.64 Å². The molecule has 1 amide bonds. The fourth-order valence-electron chi connectivity index (χ4n) is 2.56. The van der Waals surface area contributed by atoms with Gasteiger partial charge >= 0.3 is 0 Å². The van der Waals surface area contributed by atoms with Crippen molar-refractivity contribution in [2.24, 2.45) is 0 Å². The summed E-state index contributed by atoms with van der Waals surface area (Å²) in [5.41, 5.74) is 0.262. The molecule has 3 atom stereocenters. The van der Waals surface area contributed by atoms with E-state index in [9.17, 15) is 13.6 Å². The average molecular weight is 298 g/mol. The molecule has 0 spiro atoms. The maximum atomic E-state index is 14.0. The minimum absolute atomic E-state index is 0.115. The molecule has 1 aromatic rings.